The largest absolute Gasteiger partial charge is 0.478 e. The average molecular weight is 263 g/mol. The lowest BCUT2D eigenvalue weighted by atomic mass is 10.4. The predicted octanol–water partition coefficient (Wildman–Crippen LogP) is 3.73. The Kier molecular flexibility index (Phi) is 5.02. The molecule has 15 heavy (non-hydrogen) atoms. The quantitative estimate of drug-likeness (QED) is 0.664. The molecule has 1 N–H and O–H groups in total. The van der Waals surface area contributed by atoms with Gasteiger partial charge in [0.2, 0.25) is 0 Å². The van der Waals surface area contributed by atoms with Crippen LogP contribution in [-0.4, -0.2) is 16.8 Å². The van der Waals surface area contributed by atoms with E-state index >= 15 is 0 Å². The second-order valence-electron chi connectivity index (χ2n) is 2.63. The molecule has 0 heterocycles. The van der Waals surface area contributed by atoms with Gasteiger partial charge in [-0.2, -0.15) is 0 Å². The Balaban J connectivity index is 2.51. The van der Waals surface area contributed by atoms with Crippen molar-refractivity contribution in [3.8, 4) is 0 Å². The topological polar surface area (TPSA) is 37.3 Å². The van der Waals surface area contributed by atoms with Crippen LogP contribution in [0.3, 0.4) is 0 Å². The van der Waals surface area contributed by atoms with Gasteiger partial charge in [-0.15, -0.1) is 11.8 Å². The van der Waals surface area contributed by atoms with E-state index in [1.165, 1.54) is 11.8 Å². The average Bonchev–Trinajstić information content (AvgIpc) is 2.18. The molecule has 0 unspecified atom stereocenters. The van der Waals surface area contributed by atoms with Gasteiger partial charge in [0, 0.05) is 16.7 Å². The van der Waals surface area contributed by atoms with Crippen LogP contribution in [0.4, 0.5) is 0 Å². The Morgan fingerprint density at radius 2 is 2.13 bits per heavy atom. The molecule has 0 amide bonds. The summed E-state index contributed by atoms with van der Waals surface area (Å²) in [6, 6.07) is 5.31. The van der Waals surface area contributed by atoms with Gasteiger partial charge in [-0.1, -0.05) is 29.3 Å². The van der Waals surface area contributed by atoms with Crippen molar-refractivity contribution in [2.24, 2.45) is 0 Å². The van der Waals surface area contributed by atoms with Gasteiger partial charge in [0.05, 0.1) is 10.0 Å². The number of carbonyl (C=O) groups is 1. The molecule has 5 heteroatoms. The highest BCUT2D eigenvalue weighted by molar-refractivity contribution is 7.99. The molecular weight excluding hydrogens is 255 g/mol. The predicted molar refractivity (Wildman–Crippen MR) is 64.0 cm³/mol. The molecule has 0 aliphatic carbocycles. The van der Waals surface area contributed by atoms with Crippen molar-refractivity contribution in [2.45, 2.75) is 4.90 Å². The van der Waals surface area contributed by atoms with Crippen molar-refractivity contribution in [2.75, 3.05) is 5.75 Å². The molecule has 1 aromatic carbocycles. The third-order valence-corrected chi connectivity index (χ3v) is 3.18. The molecule has 0 spiro atoms. The highest BCUT2D eigenvalue weighted by Gasteiger charge is 1.98. The van der Waals surface area contributed by atoms with E-state index in [9.17, 15) is 4.79 Å². The monoisotopic (exact) mass is 262 g/mol. The second-order valence-corrected chi connectivity index (χ2v) is 4.54. The summed E-state index contributed by atoms with van der Waals surface area (Å²) in [5.74, 6) is -0.352. The first-order chi connectivity index (χ1) is 7.09. The smallest absolute Gasteiger partial charge is 0.328 e. The summed E-state index contributed by atoms with van der Waals surface area (Å²) in [5, 5.41) is 9.38. The molecule has 0 aliphatic rings. The lowest BCUT2D eigenvalue weighted by Gasteiger charge is -2.00. The lowest BCUT2D eigenvalue weighted by molar-refractivity contribution is -0.131. The molecule has 80 valence electrons. The number of benzene rings is 1. The molecule has 0 saturated heterocycles. The number of carboxylic acid groups (broad SMARTS) is 1. The van der Waals surface area contributed by atoms with E-state index in [4.69, 9.17) is 28.3 Å². The van der Waals surface area contributed by atoms with Gasteiger partial charge in [0.15, 0.2) is 0 Å². The number of halogens is 2. The first kappa shape index (κ1) is 12.4. The van der Waals surface area contributed by atoms with E-state index in [0.717, 1.165) is 11.0 Å². The fourth-order valence-corrected chi connectivity index (χ4v) is 1.97. The number of thioether (sulfide) groups is 1. The van der Waals surface area contributed by atoms with Gasteiger partial charge in [0.1, 0.15) is 0 Å². The van der Waals surface area contributed by atoms with Crippen LogP contribution < -0.4 is 0 Å². The second kappa shape index (κ2) is 6.05. The van der Waals surface area contributed by atoms with Gasteiger partial charge in [-0.3, -0.25) is 0 Å². The van der Waals surface area contributed by atoms with Crippen LogP contribution >= 0.6 is 35.0 Å². The number of aliphatic carboxylic acids is 1. The first-order valence-corrected chi connectivity index (χ1v) is 5.81. The van der Waals surface area contributed by atoms with Crippen LogP contribution in [0.5, 0.6) is 0 Å². The zero-order valence-electron chi connectivity index (χ0n) is 7.61. The van der Waals surface area contributed by atoms with Gasteiger partial charge >= 0.3 is 5.97 Å². The van der Waals surface area contributed by atoms with Gasteiger partial charge in [0.25, 0.3) is 0 Å². The Labute approximate surface area is 102 Å². The third-order valence-electron chi connectivity index (χ3n) is 1.50. The number of hydrogen-bond acceptors (Lipinski definition) is 2. The summed E-state index contributed by atoms with van der Waals surface area (Å²) in [6.07, 6.45) is 2.69. The van der Waals surface area contributed by atoms with Crippen LogP contribution in [0.15, 0.2) is 35.2 Å². The van der Waals surface area contributed by atoms with E-state index in [1.54, 1.807) is 18.2 Å². The van der Waals surface area contributed by atoms with Crippen molar-refractivity contribution in [3.05, 3.63) is 40.4 Å². The summed E-state index contributed by atoms with van der Waals surface area (Å²) in [5.41, 5.74) is 0. The molecule has 0 aromatic heterocycles. The maximum Gasteiger partial charge on any atom is 0.328 e. The van der Waals surface area contributed by atoms with Crippen molar-refractivity contribution in [1.29, 1.82) is 0 Å². The van der Waals surface area contributed by atoms with E-state index in [1.807, 2.05) is 6.07 Å². The maximum atomic E-state index is 10.2. The summed E-state index contributed by atoms with van der Waals surface area (Å²) in [6.45, 7) is 0. The van der Waals surface area contributed by atoms with E-state index in [0.29, 0.717) is 15.8 Å². The molecule has 0 aliphatic heterocycles. The molecule has 0 radical (unpaired) electrons. The maximum absolute atomic E-state index is 10.2. The Morgan fingerprint density at radius 1 is 1.40 bits per heavy atom. The van der Waals surface area contributed by atoms with Crippen molar-refractivity contribution in [1.82, 2.24) is 0 Å². The molecule has 0 fully saturated rings. The minimum atomic E-state index is -0.940. The highest BCUT2D eigenvalue weighted by Crippen LogP contribution is 2.27. The fraction of sp³-hybridized carbons (Fsp3) is 0.100. The van der Waals surface area contributed by atoms with E-state index in [-0.39, 0.29) is 0 Å². The standard InChI is InChI=1S/C10H8Cl2O2S/c11-8-4-3-7(6-9(8)12)15-5-1-2-10(13)14/h1-4,6H,5H2,(H,13,14)/b2-1+. The van der Waals surface area contributed by atoms with Crippen LogP contribution in [0.2, 0.25) is 10.0 Å². The van der Waals surface area contributed by atoms with Gasteiger partial charge in [-0.05, 0) is 18.2 Å². The van der Waals surface area contributed by atoms with Gasteiger partial charge in [-0.25, -0.2) is 4.79 Å². The third kappa shape index (κ3) is 4.60. The molecule has 1 aromatic rings. The lowest BCUT2D eigenvalue weighted by Crippen LogP contribution is -1.86. The summed E-state index contributed by atoms with van der Waals surface area (Å²) < 4.78 is 0. The Bertz CT molecular complexity index is 391. The first-order valence-electron chi connectivity index (χ1n) is 4.07. The zero-order valence-corrected chi connectivity index (χ0v) is 9.94. The molecule has 0 bridgehead atoms. The number of carboxylic acids is 1. The summed E-state index contributed by atoms with van der Waals surface area (Å²) >= 11 is 13.1. The molecule has 0 atom stereocenters. The highest BCUT2D eigenvalue weighted by atomic mass is 35.5. The Morgan fingerprint density at radius 3 is 2.73 bits per heavy atom. The van der Waals surface area contributed by atoms with Crippen LogP contribution in [0.1, 0.15) is 0 Å². The molecule has 0 saturated carbocycles. The molecular formula is C10H8Cl2O2S. The van der Waals surface area contributed by atoms with Crippen molar-refractivity contribution in [3.63, 3.8) is 0 Å². The van der Waals surface area contributed by atoms with Crippen LogP contribution in [0.25, 0.3) is 0 Å². The molecule has 1 rings (SSSR count). The molecule has 2 nitrogen and oxygen atoms in total. The summed E-state index contributed by atoms with van der Waals surface area (Å²) in [7, 11) is 0. The van der Waals surface area contributed by atoms with Crippen LogP contribution in [0, 0.1) is 0 Å². The zero-order chi connectivity index (χ0) is 11.3. The van der Waals surface area contributed by atoms with Crippen LogP contribution in [-0.2, 0) is 4.79 Å². The van der Waals surface area contributed by atoms with Gasteiger partial charge < -0.3 is 5.11 Å². The number of rotatable bonds is 4. The van der Waals surface area contributed by atoms with E-state index in [2.05, 4.69) is 0 Å². The minimum Gasteiger partial charge on any atom is -0.478 e. The summed E-state index contributed by atoms with van der Waals surface area (Å²) in [4.78, 5) is 11.1. The Hall–Kier alpha value is -0.640. The fourth-order valence-electron chi connectivity index (χ4n) is 0.860. The SMILES string of the molecule is O=C(O)/C=C/CSc1ccc(Cl)c(Cl)c1. The van der Waals surface area contributed by atoms with Crippen molar-refractivity contribution < 1.29 is 9.90 Å². The van der Waals surface area contributed by atoms with E-state index < -0.39 is 5.97 Å². The number of hydrogen-bond donors (Lipinski definition) is 1. The van der Waals surface area contributed by atoms with Crippen molar-refractivity contribution >= 4 is 40.9 Å². The normalized spacial score (nSPS) is 10.8. The minimum absolute atomic E-state index is 0.504.